The topological polar surface area (TPSA) is 32.3 Å². The highest BCUT2D eigenvalue weighted by Crippen LogP contribution is 2.45. The SMILES string of the molecule is O[C@H]1C[C@@H]2C[C@H]1C[C@@H]2NC(c1ccccc1)c1ccccc1. The Labute approximate surface area is 132 Å². The maximum atomic E-state index is 9.98. The van der Waals surface area contributed by atoms with Gasteiger partial charge < -0.3 is 10.4 Å². The third-order valence-electron chi connectivity index (χ3n) is 5.47. The molecule has 0 saturated heterocycles. The van der Waals surface area contributed by atoms with Crippen LogP contribution < -0.4 is 5.32 Å². The van der Waals surface area contributed by atoms with Gasteiger partial charge in [-0.1, -0.05) is 60.7 Å². The zero-order valence-electron chi connectivity index (χ0n) is 12.7. The number of aliphatic hydroxyl groups excluding tert-OH is 1. The van der Waals surface area contributed by atoms with E-state index in [1.54, 1.807) is 0 Å². The van der Waals surface area contributed by atoms with Gasteiger partial charge in [0.2, 0.25) is 0 Å². The lowest BCUT2D eigenvalue weighted by atomic mass is 9.90. The van der Waals surface area contributed by atoms with E-state index in [2.05, 4.69) is 66.0 Å². The van der Waals surface area contributed by atoms with Gasteiger partial charge >= 0.3 is 0 Å². The zero-order chi connectivity index (χ0) is 14.9. The van der Waals surface area contributed by atoms with Gasteiger partial charge in [-0.2, -0.15) is 0 Å². The highest BCUT2D eigenvalue weighted by atomic mass is 16.3. The third kappa shape index (κ3) is 2.57. The van der Waals surface area contributed by atoms with E-state index in [-0.39, 0.29) is 12.1 Å². The molecule has 0 aliphatic heterocycles. The monoisotopic (exact) mass is 293 g/mol. The van der Waals surface area contributed by atoms with Crippen LogP contribution in [0, 0.1) is 11.8 Å². The average Bonchev–Trinajstić information content (AvgIpc) is 3.13. The second-order valence-electron chi connectivity index (χ2n) is 6.82. The summed E-state index contributed by atoms with van der Waals surface area (Å²) in [6.07, 6.45) is 3.21. The second-order valence-corrected chi connectivity index (χ2v) is 6.82. The Morgan fingerprint density at radius 2 is 1.36 bits per heavy atom. The summed E-state index contributed by atoms with van der Waals surface area (Å²) in [5, 5.41) is 13.9. The minimum atomic E-state index is -0.0602. The lowest BCUT2D eigenvalue weighted by molar-refractivity contribution is 0.101. The number of hydrogen-bond donors (Lipinski definition) is 2. The fraction of sp³-hybridized carbons (Fsp3) is 0.400. The predicted molar refractivity (Wildman–Crippen MR) is 88.5 cm³/mol. The van der Waals surface area contributed by atoms with Crippen LogP contribution in [0.3, 0.4) is 0 Å². The van der Waals surface area contributed by atoms with Crippen molar-refractivity contribution in [2.75, 3.05) is 0 Å². The molecule has 4 atom stereocenters. The number of benzene rings is 2. The summed E-state index contributed by atoms with van der Waals surface area (Å²) < 4.78 is 0. The van der Waals surface area contributed by atoms with Gasteiger partial charge in [0.15, 0.2) is 0 Å². The van der Waals surface area contributed by atoms with Gasteiger partial charge in [0, 0.05) is 6.04 Å². The van der Waals surface area contributed by atoms with E-state index in [1.807, 2.05) is 0 Å². The van der Waals surface area contributed by atoms with Crippen LogP contribution in [0.25, 0.3) is 0 Å². The standard InChI is InChI=1S/C20H23NO/c22-19-13-16-11-17(19)12-18(16)21-20(14-7-3-1-4-8-14)15-9-5-2-6-10-15/h1-10,16-22H,11-13H2/t16-,17-,18-,19-/m0/s1. The van der Waals surface area contributed by atoms with Crippen LogP contribution >= 0.6 is 0 Å². The van der Waals surface area contributed by atoms with E-state index in [0.29, 0.717) is 17.9 Å². The summed E-state index contributed by atoms with van der Waals surface area (Å²) in [7, 11) is 0. The lowest BCUT2D eigenvalue weighted by Gasteiger charge is -2.31. The molecule has 2 heteroatoms. The number of fused-ring (bicyclic) bond motifs is 2. The first-order chi connectivity index (χ1) is 10.8. The van der Waals surface area contributed by atoms with Gasteiger partial charge in [-0.15, -0.1) is 0 Å². The van der Waals surface area contributed by atoms with Crippen molar-refractivity contribution in [1.82, 2.24) is 5.32 Å². The molecule has 0 heterocycles. The molecule has 22 heavy (non-hydrogen) atoms. The Hall–Kier alpha value is -1.64. The minimum Gasteiger partial charge on any atom is -0.393 e. The molecule has 2 aliphatic carbocycles. The first-order valence-electron chi connectivity index (χ1n) is 8.35. The van der Waals surface area contributed by atoms with E-state index in [9.17, 15) is 5.11 Å². The molecule has 0 unspecified atom stereocenters. The molecule has 2 fully saturated rings. The van der Waals surface area contributed by atoms with E-state index in [4.69, 9.17) is 0 Å². The largest absolute Gasteiger partial charge is 0.393 e. The second kappa shape index (κ2) is 5.86. The fourth-order valence-corrected chi connectivity index (χ4v) is 4.34. The molecular formula is C20H23NO. The van der Waals surface area contributed by atoms with Crippen molar-refractivity contribution in [3.8, 4) is 0 Å². The molecule has 2 aromatic carbocycles. The van der Waals surface area contributed by atoms with E-state index in [0.717, 1.165) is 12.8 Å². The van der Waals surface area contributed by atoms with Crippen molar-refractivity contribution in [2.45, 2.75) is 37.5 Å². The molecule has 2 aromatic rings. The number of hydrogen-bond acceptors (Lipinski definition) is 2. The summed E-state index contributed by atoms with van der Waals surface area (Å²) in [4.78, 5) is 0. The summed E-state index contributed by atoms with van der Waals surface area (Å²) in [5.41, 5.74) is 2.63. The lowest BCUT2D eigenvalue weighted by Crippen LogP contribution is -2.39. The maximum absolute atomic E-state index is 9.98. The Balaban J connectivity index is 1.59. The molecule has 2 aliphatic rings. The van der Waals surface area contributed by atoms with Gasteiger partial charge in [0.25, 0.3) is 0 Å². The Morgan fingerprint density at radius 3 is 1.82 bits per heavy atom. The van der Waals surface area contributed by atoms with Crippen LogP contribution in [-0.4, -0.2) is 17.3 Å². The quantitative estimate of drug-likeness (QED) is 0.904. The third-order valence-corrected chi connectivity index (χ3v) is 5.47. The summed E-state index contributed by atoms with van der Waals surface area (Å²) in [6, 6.07) is 22.1. The van der Waals surface area contributed by atoms with Crippen molar-refractivity contribution in [2.24, 2.45) is 11.8 Å². The summed E-state index contributed by atoms with van der Waals surface area (Å²) >= 11 is 0. The van der Waals surface area contributed by atoms with E-state index in [1.165, 1.54) is 17.5 Å². The number of nitrogens with one attached hydrogen (secondary N) is 1. The van der Waals surface area contributed by atoms with Gasteiger partial charge in [-0.05, 0) is 42.2 Å². The summed E-state index contributed by atoms with van der Waals surface area (Å²) in [6.45, 7) is 0. The average molecular weight is 293 g/mol. The first kappa shape index (κ1) is 14.0. The van der Waals surface area contributed by atoms with E-state index >= 15 is 0 Å². The van der Waals surface area contributed by atoms with Crippen molar-refractivity contribution in [3.05, 3.63) is 71.8 Å². The zero-order valence-corrected chi connectivity index (χ0v) is 12.7. The molecule has 0 spiro atoms. The molecule has 2 nitrogen and oxygen atoms in total. The highest BCUT2D eigenvalue weighted by Gasteiger charge is 2.45. The Kier molecular flexibility index (Phi) is 3.73. The van der Waals surface area contributed by atoms with Crippen LogP contribution in [0.1, 0.15) is 36.4 Å². The maximum Gasteiger partial charge on any atom is 0.0578 e. The summed E-state index contributed by atoms with van der Waals surface area (Å²) in [5.74, 6) is 1.14. The highest BCUT2D eigenvalue weighted by molar-refractivity contribution is 5.32. The van der Waals surface area contributed by atoms with Crippen molar-refractivity contribution >= 4 is 0 Å². The molecule has 2 N–H and O–H groups in total. The minimum absolute atomic E-state index is 0.0602. The molecule has 0 radical (unpaired) electrons. The van der Waals surface area contributed by atoms with Crippen molar-refractivity contribution in [3.63, 3.8) is 0 Å². The predicted octanol–water partition coefficient (Wildman–Crippen LogP) is 3.53. The molecule has 114 valence electrons. The van der Waals surface area contributed by atoms with E-state index < -0.39 is 0 Å². The van der Waals surface area contributed by atoms with Gasteiger partial charge in [-0.3, -0.25) is 0 Å². The van der Waals surface area contributed by atoms with Crippen molar-refractivity contribution < 1.29 is 5.11 Å². The molecule has 2 saturated carbocycles. The number of rotatable bonds is 4. The molecule has 4 rings (SSSR count). The molecule has 0 amide bonds. The van der Waals surface area contributed by atoms with Gasteiger partial charge in [-0.25, -0.2) is 0 Å². The van der Waals surface area contributed by atoms with Crippen LogP contribution in [0.4, 0.5) is 0 Å². The smallest absolute Gasteiger partial charge is 0.0578 e. The van der Waals surface area contributed by atoms with Crippen molar-refractivity contribution in [1.29, 1.82) is 0 Å². The Bertz CT molecular complexity index is 571. The fourth-order valence-electron chi connectivity index (χ4n) is 4.34. The molecular weight excluding hydrogens is 270 g/mol. The molecule has 2 bridgehead atoms. The van der Waals surface area contributed by atoms with Crippen LogP contribution in [0.2, 0.25) is 0 Å². The van der Waals surface area contributed by atoms with Crippen LogP contribution in [-0.2, 0) is 0 Å². The Morgan fingerprint density at radius 1 is 0.773 bits per heavy atom. The van der Waals surface area contributed by atoms with Crippen LogP contribution in [0.15, 0.2) is 60.7 Å². The van der Waals surface area contributed by atoms with Gasteiger partial charge in [0.1, 0.15) is 0 Å². The first-order valence-corrected chi connectivity index (χ1v) is 8.35. The van der Waals surface area contributed by atoms with Crippen LogP contribution in [0.5, 0.6) is 0 Å². The van der Waals surface area contributed by atoms with Gasteiger partial charge in [0.05, 0.1) is 12.1 Å². The number of aliphatic hydroxyl groups is 1. The molecule has 0 aromatic heterocycles. The normalized spacial score (nSPS) is 30.1.